The largest absolute Gasteiger partial charge is 0.469 e. The molecular formula is C14H11F3N2O2S. The van der Waals surface area contributed by atoms with E-state index in [0.29, 0.717) is 17.0 Å². The van der Waals surface area contributed by atoms with Crippen LogP contribution in [0.1, 0.15) is 21.7 Å². The summed E-state index contributed by atoms with van der Waals surface area (Å²) in [6.07, 6.45) is -3.03. The summed E-state index contributed by atoms with van der Waals surface area (Å²) in [5.41, 5.74) is -0.0965. The number of amides is 1. The van der Waals surface area contributed by atoms with E-state index < -0.39 is 17.6 Å². The van der Waals surface area contributed by atoms with Gasteiger partial charge in [-0.2, -0.15) is 13.2 Å². The van der Waals surface area contributed by atoms with Crippen LogP contribution in [0.25, 0.3) is 0 Å². The maximum absolute atomic E-state index is 12.4. The van der Waals surface area contributed by atoms with E-state index in [9.17, 15) is 18.0 Å². The summed E-state index contributed by atoms with van der Waals surface area (Å²) < 4.78 is 42.3. The lowest BCUT2D eigenvalue weighted by atomic mass is 10.2. The summed E-state index contributed by atoms with van der Waals surface area (Å²) in [5, 5.41) is 5.03. The number of aryl methyl sites for hydroxylation is 1. The van der Waals surface area contributed by atoms with Crippen LogP contribution in [0.15, 0.2) is 41.0 Å². The number of carbonyl (C=O) groups excluding carboxylic acids is 1. The van der Waals surface area contributed by atoms with Crippen molar-refractivity contribution in [1.29, 1.82) is 0 Å². The fourth-order valence-corrected chi connectivity index (χ4v) is 1.91. The number of hydrogen-bond donors (Lipinski definition) is 2. The van der Waals surface area contributed by atoms with Gasteiger partial charge < -0.3 is 9.73 Å². The summed E-state index contributed by atoms with van der Waals surface area (Å²) in [4.78, 5) is 11.9. The standard InChI is InChI=1S/C14H11F3N2O2S/c1-8-11(6-7-21-8)12(20)19-13(22)18-10-4-2-9(3-5-10)14(15,16)17/h2-7H,1H3,(H2,18,19,20,22). The number of carbonyl (C=O) groups is 1. The lowest BCUT2D eigenvalue weighted by Gasteiger charge is -2.11. The van der Waals surface area contributed by atoms with Gasteiger partial charge in [0.15, 0.2) is 5.11 Å². The second-order valence-electron chi connectivity index (χ2n) is 4.37. The van der Waals surface area contributed by atoms with Crippen molar-refractivity contribution in [3.05, 3.63) is 53.5 Å². The molecule has 0 aliphatic rings. The van der Waals surface area contributed by atoms with E-state index in [1.165, 1.54) is 24.5 Å². The molecule has 8 heteroatoms. The predicted octanol–water partition coefficient (Wildman–Crippen LogP) is 3.73. The molecule has 116 valence electrons. The van der Waals surface area contributed by atoms with Gasteiger partial charge in [0.2, 0.25) is 0 Å². The van der Waals surface area contributed by atoms with Crippen molar-refractivity contribution in [3.63, 3.8) is 0 Å². The molecule has 1 aromatic carbocycles. The normalized spacial score (nSPS) is 11.1. The summed E-state index contributed by atoms with van der Waals surface area (Å²) in [5.74, 6) is -0.0227. The Bertz CT molecular complexity index is 693. The van der Waals surface area contributed by atoms with Crippen molar-refractivity contribution in [3.8, 4) is 0 Å². The van der Waals surface area contributed by atoms with Gasteiger partial charge in [-0.25, -0.2) is 0 Å². The minimum Gasteiger partial charge on any atom is -0.469 e. The van der Waals surface area contributed by atoms with Gasteiger partial charge in [-0.3, -0.25) is 10.1 Å². The monoisotopic (exact) mass is 328 g/mol. The van der Waals surface area contributed by atoms with Gasteiger partial charge in [0.05, 0.1) is 17.4 Å². The molecule has 0 radical (unpaired) electrons. The second kappa shape index (κ2) is 6.18. The Labute approximate surface area is 129 Å². The zero-order chi connectivity index (χ0) is 16.3. The van der Waals surface area contributed by atoms with Crippen molar-refractivity contribution in [1.82, 2.24) is 5.32 Å². The average Bonchev–Trinajstić information content (AvgIpc) is 2.84. The molecule has 2 rings (SSSR count). The Kier molecular flexibility index (Phi) is 4.51. The zero-order valence-corrected chi connectivity index (χ0v) is 12.1. The first-order valence-corrected chi connectivity index (χ1v) is 6.52. The van der Waals surface area contributed by atoms with Gasteiger partial charge in [0.1, 0.15) is 5.76 Å². The molecular weight excluding hydrogens is 317 g/mol. The molecule has 1 amide bonds. The summed E-state index contributed by atoms with van der Waals surface area (Å²) in [6.45, 7) is 1.63. The number of hydrogen-bond acceptors (Lipinski definition) is 3. The van der Waals surface area contributed by atoms with Crippen LogP contribution >= 0.6 is 12.2 Å². The van der Waals surface area contributed by atoms with E-state index in [-0.39, 0.29) is 5.11 Å². The fraction of sp³-hybridized carbons (Fsp3) is 0.143. The van der Waals surface area contributed by atoms with E-state index in [1.54, 1.807) is 6.92 Å². The molecule has 0 unspecified atom stereocenters. The van der Waals surface area contributed by atoms with Crippen LogP contribution < -0.4 is 10.6 Å². The Morgan fingerprint density at radius 1 is 1.18 bits per heavy atom. The molecule has 1 heterocycles. The minimum absolute atomic E-state index is 0.0228. The van der Waals surface area contributed by atoms with E-state index in [0.717, 1.165) is 12.1 Å². The highest BCUT2D eigenvalue weighted by atomic mass is 32.1. The molecule has 22 heavy (non-hydrogen) atoms. The van der Waals surface area contributed by atoms with E-state index in [2.05, 4.69) is 10.6 Å². The molecule has 0 fully saturated rings. The highest BCUT2D eigenvalue weighted by Crippen LogP contribution is 2.29. The van der Waals surface area contributed by atoms with Crippen molar-refractivity contribution < 1.29 is 22.4 Å². The maximum atomic E-state index is 12.4. The Balaban J connectivity index is 1.98. The predicted molar refractivity (Wildman–Crippen MR) is 78.6 cm³/mol. The topological polar surface area (TPSA) is 54.3 Å². The van der Waals surface area contributed by atoms with Gasteiger partial charge in [-0.05, 0) is 49.5 Å². The molecule has 0 atom stereocenters. The Morgan fingerprint density at radius 3 is 2.32 bits per heavy atom. The number of alkyl halides is 3. The van der Waals surface area contributed by atoms with Crippen molar-refractivity contribution >= 4 is 28.9 Å². The fourth-order valence-electron chi connectivity index (χ4n) is 1.70. The van der Waals surface area contributed by atoms with Gasteiger partial charge in [0, 0.05) is 5.69 Å². The minimum atomic E-state index is -4.40. The second-order valence-corrected chi connectivity index (χ2v) is 4.78. The van der Waals surface area contributed by atoms with Gasteiger partial charge >= 0.3 is 6.18 Å². The number of furan rings is 1. The molecule has 0 saturated heterocycles. The number of rotatable bonds is 2. The third-order valence-corrected chi connectivity index (χ3v) is 3.00. The molecule has 0 aliphatic carbocycles. The van der Waals surface area contributed by atoms with Crippen LogP contribution in [0.3, 0.4) is 0 Å². The van der Waals surface area contributed by atoms with Crippen LogP contribution in [0.5, 0.6) is 0 Å². The van der Waals surface area contributed by atoms with E-state index in [1.807, 2.05) is 0 Å². The first-order valence-electron chi connectivity index (χ1n) is 6.11. The quantitative estimate of drug-likeness (QED) is 0.825. The van der Waals surface area contributed by atoms with Crippen LogP contribution in [-0.2, 0) is 6.18 Å². The lowest BCUT2D eigenvalue weighted by Crippen LogP contribution is -2.34. The van der Waals surface area contributed by atoms with Crippen molar-refractivity contribution in [2.24, 2.45) is 0 Å². The van der Waals surface area contributed by atoms with E-state index >= 15 is 0 Å². The number of benzene rings is 1. The molecule has 0 bridgehead atoms. The maximum Gasteiger partial charge on any atom is 0.416 e. The highest BCUT2D eigenvalue weighted by molar-refractivity contribution is 7.80. The number of halogens is 3. The summed E-state index contributed by atoms with van der Waals surface area (Å²) >= 11 is 4.94. The molecule has 0 aliphatic heterocycles. The summed E-state index contributed by atoms with van der Waals surface area (Å²) in [6, 6.07) is 5.79. The third kappa shape index (κ3) is 3.85. The molecule has 0 spiro atoms. The molecule has 1 aromatic heterocycles. The first kappa shape index (κ1) is 16.0. The van der Waals surface area contributed by atoms with Gasteiger partial charge in [-0.1, -0.05) is 0 Å². The van der Waals surface area contributed by atoms with Crippen LogP contribution in [0, 0.1) is 6.92 Å². The highest BCUT2D eigenvalue weighted by Gasteiger charge is 2.29. The number of anilines is 1. The number of thiocarbonyl (C=S) groups is 1. The molecule has 0 saturated carbocycles. The molecule has 2 N–H and O–H groups in total. The zero-order valence-electron chi connectivity index (χ0n) is 11.3. The lowest BCUT2D eigenvalue weighted by molar-refractivity contribution is -0.137. The van der Waals surface area contributed by atoms with E-state index in [4.69, 9.17) is 16.6 Å². The molecule has 4 nitrogen and oxygen atoms in total. The van der Waals surface area contributed by atoms with Crippen LogP contribution in [0.4, 0.5) is 18.9 Å². The van der Waals surface area contributed by atoms with Crippen molar-refractivity contribution in [2.75, 3.05) is 5.32 Å². The van der Waals surface area contributed by atoms with Gasteiger partial charge in [0.25, 0.3) is 5.91 Å². The Hall–Kier alpha value is -2.35. The Morgan fingerprint density at radius 2 is 1.82 bits per heavy atom. The van der Waals surface area contributed by atoms with Crippen LogP contribution in [0.2, 0.25) is 0 Å². The number of nitrogens with one attached hydrogen (secondary N) is 2. The van der Waals surface area contributed by atoms with Gasteiger partial charge in [-0.15, -0.1) is 0 Å². The average molecular weight is 328 g/mol. The van der Waals surface area contributed by atoms with Crippen molar-refractivity contribution in [2.45, 2.75) is 13.1 Å². The third-order valence-electron chi connectivity index (χ3n) is 2.80. The SMILES string of the molecule is Cc1occc1C(=O)NC(=S)Nc1ccc(C(F)(F)F)cc1. The smallest absolute Gasteiger partial charge is 0.416 e. The first-order chi connectivity index (χ1) is 10.3. The molecule has 2 aromatic rings. The summed E-state index contributed by atoms with van der Waals surface area (Å²) in [7, 11) is 0. The van der Waals surface area contributed by atoms with Crippen LogP contribution in [-0.4, -0.2) is 11.0 Å².